The minimum absolute atomic E-state index is 0.0815. The lowest BCUT2D eigenvalue weighted by molar-refractivity contribution is -0.123. The van der Waals surface area contributed by atoms with Crippen LogP contribution in [0, 0.1) is 0 Å². The first kappa shape index (κ1) is 61.8. The molecule has 65 heavy (non-hydrogen) atoms. The van der Waals surface area contributed by atoms with Crippen molar-refractivity contribution in [3.05, 3.63) is 122 Å². The highest BCUT2D eigenvalue weighted by atomic mass is 16.3. The van der Waals surface area contributed by atoms with Crippen molar-refractivity contribution in [3.8, 4) is 0 Å². The van der Waals surface area contributed by atoms with Crippen LogP contribution in [-0.2, 0) is 4.79 Å². The van der Waals surface area contributed by atoms with Crippen LogP contribution in [-0.4, -0.2) is 34.9 Å². The molecule has 0 aromatic heterocycles. The van der Waals surface area contributed by atoms with E-state index in [1.165, 1.54) is 135 Å². The highest BCUT2D eigenvalue weighted by Gasteiger charge is 2.17. The summed E-state index contributed by atoms with van der Waals surface area (Å²) in [6, 6.07) is -0.649. The Hall–Kier alpha value is -3.21. The summed E-state index contributed by atoms with van der Waals surface area (Å²) in [6.07, 6.45) is 85.1. The van der Waals surface area contributed by atoms with Gasteiger partial charge in [-0.05, 0) is 96.3 Å². The van der Waals surface area contributed by atoms with Crippen molar-refractivity contribution in [2.45, 2.75) is 251 Å². The lowest BCUT2D eigenvalue weighted by atomic mass is 10.0. The highest BCUT2D eigenvalue weighted by Crippen LogP contribution is 2.15. The molecule has 0 rings (SSSR count). The molecule has 4 nitrogen and oxygen atoms in total. The number of carbonyl (C=O) groups excluding carboxylic acids is 1. The molecule has 0 aromatic rings. The Kier molecular flexibility index (Phi) is 52.4. The molecule has 2 unspecified atom stereocenters. The van der Waals surface area contributed by atoms with Gasteiger partial charge in [0.15, 0.2) is 0 Å². The molecule has 0 aliphatic carbocycles. The monoisotopic (exact) mass is 898 g/mol. The van der Waals surface area contributed by atoms with Crippen LogP contribution < -0.4 is 5.32 Å². The third-order valence-corrected chi connectivity index (χ3v) is 11.7. The first-order valence-electron chi connectivity index (χ1n) is 27.2. The Morgan fingerprint density at radius 3 is 1.08 bits per heavy atom. The molecule has 2 atom stereocenters. The molecule has 370 valence electrons. The number of carbonyl (C=O) groups is 1. The van der Waals surface area contributed by atoms with E-state index in [0.29, 0.717) is 6.42 Å². The van der Waals surface area contributed by atoms with Crippen molar-refractivity contribution in [1.29, 1.82) is 0 Å². The number of aliphatic hydroxyl groups excluding tert-OH is 2. The highest BCUT2D eigenvalue weighted by molar-refractivity contribution is 5.76. The summed E-state index contributed by atoms with van der Waals surface area (Å²) in [6.45, 7) is 4.12. The Balaban J connectivity index is 3.50. The van der Waals surface area contributed by atoms with E-state index in [1.54, 1.807) is 6.08 Å². The molecule has 0 spiro atoms. The molecule has 1 amide bonds. The zero-order chi connectivity index (χ0) is 47.0. The Bertz CT molecular complexity index is 1290. The van der Waals surface area contributed by atoms with Gasteiger partial charge < -0.3 is 15.5 Å². The van der Waals surface area contributed by atoms with Gasteiger partial charge >= 0.3 is 0 Å². The molecule has 0 aliphatic rings. The van der Waals surface area contributed by atoms with E-state index in [9.17, 15) is 15.0 Å². The van der Waals surface area contributed by atoms with Gasteiger partial charge in [-0.25, -0.2) is 0 Å². The van der Waals surface area contributed by atoms with Gasteiger partial charge in [-0.3, -0.25) is 4.79 Å². The van der Waals surface area contributed by atoms with Crippen LogP contribution in [0.5, 0.6) is 0 Å². The third-order valence-electron chi connectivity index (χ3n) is 11.7. The van der Waals surface area contributed by atoms with Crippen molar-refractivity contribution in [1.82, 2.24) is 5.32 Å². The summed E-state index contributed by atoms with van der Waals surface area (Å²) in [5, 5.41) is 23.0. The van der Waals surface area contributed by atoms with Crippen LogP contribution in [0.2, 0.25) is 0 Å². The molecular formula is C61H103NO3. The zero-order valence-electron chi connectivity index (χ0n) is 42.5. The molecule has 0 radical (unpaired) electrons. The second kappa shape index (κ2) is 55.1. The SMILES string of the molecule is CC/C=C\C/C=C\C/C=C\C/C=C\C/C=C\C/C=C\C/C=C\CCCCCCCCCCCCCCCCCCCCCC(=O)NC(CO)C(O)/C=C/CC/C=C/CC/C=C/CCCC. The zero-order valence-corrected chi connectivity index (χ0v) is 42.5. The smallest absolute Gasteiger partial charge is 0.220 e. The quantitative estimate of drug-likeness (QED) is 0.0421. The van der Waals surface area contributed by atoms with Gasteiger partial charge in [0.1, 0.15) is 0 Å². The maximum Gasteiger partial charge on any atom is 0.220 e. The molecule has 0 aliphatic heterocycles. The number of hydrogen-bond acceptors (Lipinski definition) is 3. The van der Waals surface area contributed by atoms with Crippen LogP contribution in [0.4, 0.5) is 0 Å². The van der Waals surface area contributed by atoms with E-state index in [4.69, 9.17) is 0 Å². The van der Waals surface area contributed by atoms with Crippen LogP contribution in [0.3, 0.4) is 0 Å². The average Bonchev–Trinajstić information content (AvgIpc) is 3.31. The second-order valence-corrected chi connectivity index (χ2v) is 17.9. The number of nitrogens with one attached hydrogen (secondary N) is 1. The third kappa shape index (κ3) is 51.6. The lowest BCUT2D eigenvalue weighted by Gasteiger charge is -2.19. The summed E-state index contributed by atoms with van der Waals surface area (Å²) >= 11 is 0. The lowest BCUT2D eigenvalue weighted by Crippen LogP contribution is -2.45. The molecule has 0 aromatic carbocycles. The molecule has 0 saturated carbocycles. The summed E-state index contributed by atoms with van der Waals surface area (Å²) in [4.78, 5) is 12.4. The van der Waals surface area contributed by atoms with E-state index >= 15 is 0 Å². The van der Waals surface area contributed by atoms with Gasteiger partial charge in [0.05, 0.1) is 18.8 Å². The summed E-state index contributed by atoms with van der Waals surface area (Å²) < 4.78 is 0. The fourth-order valence-corrected chi connectivity index (χ4v) is 7.53. The van der Waals surface area contributed by atoms with E-state index in [-0.39, 0.29) is 12.5 Å². The van der Waals surface area contributed by atoms with E-state index in [1.807, 2.05) is 6.08 Å². The van der Waals surface area contributed by atoms with Gasteiger partial charge in [0.2, 0.25) is 5.91 Å². The fraction of sp³-hybridized carbons (Fsp3) is 0.656. The van der Waals surface area contributed by atoms with Crippen LogP contribution in [0.25, 0.3) is 0 Å². The van der Waals surface area contributed by atoms with Crippen LogP contribution >= 0.6 is 0 Å². The molecule has 3 N–H and O–H groups in total. The first-order valence-corrected chi connectivity index (χ1v) is 27.2. The Morgan fingerprint density at radius 1 is 0.385 bits per heavy atom. The van der Waals surface area contributed by atoms with Gasteiger partial charge in [-0.1, -0.05) is 257 Å². The summed E-state index contributed by atoms with van der Waals surface area (Å²) in [5.41, 5.74) is 0. The largest absolute Gasteiger partial charge is 0.394 e. The Labute approximate surface area is 403 Å². The average molecular weight is 898 g/mol. The van der Waals surface area contributed by atoms with Gasteiger partial charge in [0, 0.05) is 6.42 Å². The number of rotatable bonds is 48. The molecule has 0 heterocycles. The molecular weight excluding hydrogens is 795 g/mol. The van der Waals surface area contributed by atoms with Crippen LogP contribution in [0.15, 0.2) is 122 Å². The molecule has 0 saturated heterocycles. The minimum Gasteiger partial charge on any atom is -0.394 e. The Morgan fingerprint density at radius 2 is 0.692 bits per heavy atom. The maximum atomic E-state index is 12.4. The number of unbranched alkanes of at least 4 members (excludes halogenated alkanes) is 23. The summed E-state index contributed by atoms with van der Waals surface area (Å²) in [7, 11) is 0. The molecule has 0 fully saturated rings. The fourth-order valence-electron chi connectivity index (χ4n) is 7.53. The number of allylic oxidation sites excluding steroid dienone is 19. The predicted molar refractivity (Wildman–Crippen MR) is 289 cm³/mol. The molecule has 0 bridgehead atoms. The maximum absolute atomic E-state index is 12.4. The number of amides is 1. The van der Waals surface area contributed by atoms with E-state index in [0.717, 1.165) is 83.5 Å². The molecule has 4 heteroatoms. The van der Waals surface area contributed by atoms with Crippen LogP contribution in [0.1, 0.15) is 239 Å². The van der Waals surface area contributed by atoms with Gasteiger partial charge in [-0.15, -0.1) is 0 Å². The van der Waals surface area contributed by atoms with Gasteiger partial charge in [0.25, 0.3) is 0 Å². The van der Waals surface area contributed by atoms with Crippen molar-refractivity contribution >= 4 is 5.91 Å². The predicted octanol–water partition coefficient (Wildman–Crippen LogP) is 18.1. The first-order chi connectivity index (χ1) is 32.2. The number of aliphatic hydroxyl groups is 2. The van der Waals surface area contributed by atoms with E-state index in [2.05, 4.69) is 129 Å². The second-order valence-electron chi connectivity index (χ2n) is 17.9. The standard InChI is InChI=1S/C61H103NO3/c1-3-5-7-9-11-13-15-17-18-19-20-21-22-23-24-25-26-27-28-29-30-31-32-33-34-35-36-37-38-39-40-41-42-43-44-45-47-49-51-53-55-57-61(65)62-59(58-63)60(64)56-54-52-50-48-46-16-14-12-10-8-6-4-2/h5,7,10-13,17-18,20-21,23-24,26-27,29-30,46,48,54,56,59-60,63-64H,3-4,6,8-9,14-16,19,22,25,28,31-45,47,49-53,55,57-58H2,1-2H3,(H,62,65)/b7-5-,12-10+,13-11-,18-17-,21-20-,24-23-,27-26-,30-29-,48-46+,56-54+. The van der Waals surface area contributed by atoms with Crippen molar-refractivity contribution in [2.75, 3.05) is 6.61 Å². The van der Waals surface area contributed by atoms with Gasteiger partial charge in [-0.2, -0.15) is 0 Å². The van der Waals surface area contributed by atoms with E-state index < -0.39 is 12.1 Å². The minimum atomic E-state index is -0.873. The van der Waals surface area contributed by atoms with Crippen molar-refractivity contribution in [2.24, 2.45) is 0 Å². The van der Waals surface area contributed by atoms with Crippen molar-refractivity contribution in [3.63, 3.8) is 0 Å². The topological polar surface area (TPSA) is 69.6 Å². The normalized spacial score (nSPS) is 13.8. The number of hydrogen-bond donors (Lipinski definition) is 3. The van der Waals surface area contributed by atoms with Crippen molar-refractivity contribution < 1.29 is 15.0 Å². The summed E-state index contributed by atoms with van der Waals surface area (Å²) in [5.74, 6) is -0.0815.